The summed E-state index contributed by atoms with van der Waals surface area (Å²) >= 11 is 0. The summed E-state index contributed by atoms with van der Waals surface area (Å²) in [6.07, 6.45) is 6.71. The molecule has 0 N–H and O–H groups in total. The molecule has 0 fully saturated rings. The molecule has 1 heteroatoms. The number of allylic oxidation sites excluding steroid dienone is 2. The van der Waals surface area contributed by atoms with Gasteiger partial charge in [0.1, 0.15) is 11.4 Å². The van der Waals surface area contributed by atoms with Crippen LogP contribution in [0.25, 0.3) is 0 Å². The molecule has 1 nitrogen and oxygen atoms in total. The number of unbranched alkanes of at least 4 members (excludes halogenated alkanes) is 1. The molecule has 104 valence electrons. The Morgan fingerprint density at radius 3 is 1.80 bits per heavy atom. The van der Waals surface area contributed by atoms with Crippen molar-refractivity contribution in [3.05, 3.63) is 72.8 Å². The van der Waals surface area contributed by atoms with E-state index in [-0.39, 0.29) is 0 Å². The van der Waals surface area contributed by atoms with Crippen LogP contribution in [0.1, 0.15) is 19.8 Å². The van der Waals surface area contributed by atoms with E-state index in [2.05, 4.69) is 86.8 Å². The Balaban J connectivity index is 2.29. The highest BCUT2D eigenvalue weighted by Crippen LogP contribution is 2.32. The van der Waals surface area contributed by atoms with E-state index >= 15 is 0 Å². The molecule has 0 aliphatic heterocycles. The molecule has 0 radical (unpaired) electrons. The summed E-state index contributed by atoms with van der Waals surface area (Å²) in [5.41, 5.74) is 2.69. The topological polar surface area (TPSA) is 0 Å². The molecule has 0 aliphatic carbocycles. The Morgan fingerprint density at radius 1 is 0.850 bits per heavy atom. The molecule has 0 amide bonds. The Bertz CT molecular complexity index is 489. The van der Waals surface area contributed by atoms with E-state index in [9.17, 15) is 0 Å². The van der Waals surface area contributed by atoms with Gasteiger partial charge in [-0.05, 0) is 37.6 Å². The van der Waals surface area contributed by atoms with Crippen LogP contribution in [-0.2, 0) is 0 Å². The van der Waals surface area contributed by atoms with Crippen LogP contribution in [0.3, 0.4) is 0 Å². The van der Waals surface area contributed by atoms with Gasteiger partial charge in [-0.25, -0.2) is 0 Å². The lowest BCUT2D eigenvalue weighted by Crippen LogP contribution is -2.40. The molecule has 2 rings (SSSR count). The Kier molecular flexibility index (Phi) is 5.14. The minimum absolute atomic E-state index is 0.860. The first-order valence-corrected chi connectivity index (χ1v) is 7.35. The van der Waals surface area contributed by atoms with Crippen LogP contribution in [0.4, 0.5) is 11.4 Å². The van der Waals surface area contributed by atoms with Gasteiger partial charge < -0.3 is 0 Å². The molecule has 2 aromatic rings. The van der Waals surface area contributed by atoms with Crippen molar-refractivity contribution >= 4 is 11.4 Å². The third-order valence-corrected chi connectivity index (χ3v) is 3.86. The summed E-state index contributed by atoms with van der Waals surface area (Å²) in [7, 11) is 2.31. The SMILES string of the molecule is CC=CCCC[N+](C)(c1ccccc1)c1ccccc1. The van der Waals surface area contributed by atoms with Gasteiger partial charge in [-0.1, -0.05) is 48.6 Å². The monoisotopic (exact) mass is 266 g/mol. The molecule has 0 bridgehead atoms. The number of quaternary nitrogens is 1. The lowest BCUT2D eigenvalue weighted by Gasteiger charge is -2.33. The lowest BCUT2D eigenvalue weighted by molar-refractivity contribution is 0.446. The summed E-state index contributed by atoms with van der Waals surface area (Å²) < 4.78 is 0.860. The number of nitrogens with zero attached hydrogens (tertiary/aromatic N) is 1. The summed E-state index contributed by atoms with van der Waals surface area (Å²) in [5.74, 6) is 0. The minimum Gasteiger partial charge on any atom is -0.261 e. The van der Waals surface area contributed by atoms with E-state index in [1.807, 2.05) is 0 Å². The van der Waals surface area contributed by atoms with Gasteiger partial charge in [-0.3, -0.25) is 4.48 Å². The average Bonchev–Trinajstić information content (AvgIpc) is 2.53. The van der Waals surface area contributed by atoms with E-state index in [0.29, 0.717) is 0 Å². The Morgan fingerprint density at radius 2 is 1.35 bits per heavy atom. The van der Waals surface area contributed by atoms with Crippen LogP contribution in [0, 0.1) is 0 Å². The van der Waals surface area contributed by atoms with Gasteiger partial charge in [-0.2, -0.15) is 0 Å². The highest BCUT2D eigenvalue weighted by molar-refractivity contribution is 5.57. The van der Waals surface area contributed by atoms with Gasteiger partial charge in [0.2, 0.25) is 0 Å². The number of rotatable bonds is 6. The standard InChI is InChI=1S/C19H24N/c1-3-4-5-12-17-20(2,18-13-8-6-9-14-18)19-15-10-7-11-16-19/h3-4,6-11,13-16H,5,12,17H2,1-2H3/q+1. The van der Waals surface area contributed by atoms with Crippen molar-refractivity contribution in [2.45, 2.75) is 19.8 Å². The first kappa shape index (κ1) is 14.5. The molecular weight excluding hydrogens is 242 g/mol. The van der Waals surface area contributed by atoms with Crippen LogP contribution < -0.4 is 4.48 Å². The quantitative estimate of drug-likeness (QED) is 0.377. The van der Waals surface area contributed by atoms with Crippen molar-refractivity contribution in [3.63, 3.8) is 0 Å². The molecule has 0 heterocycles. The predicted octanol–water partition coefficient (Wildman–Crippen LogP) is 5.31. The molecule has 20 heavy (non-hydrogen) atoms. The maximum Gasteiger partial charge on any atom is 0.137 e. The molecule has 0 unspecified atom stereocenters. The smallest absolute Gasteiger partial charge is 0.137 e. The second-order valence-electron chi connectivity index (χ2n) is 5.30. The Labute approximate surface area is 122 Å². The molecule has 0 aliphatic rings. The molecule has 0 aromatic heterocycles. The van der Waals surface area contributed by atoms with Gasteiger partial charge in [-0.15, -0.1) is 0 Å². The van der Waals surface area contributed by atoms with E-state index in [0.717, 1.165) is 17.4 Å². The number of para-hydroxylation sites is 2. The highest BCUT2D eigenvalue weighted by Gasteiger charge is 2.26. The highest BCUT2D eigenvalue weighted by atomic mass is 15.3. The van der Waals surface area contributed by atoms with Gasteiger partial charge in [0, 0.05) is 6.42 Å². The largest absolute Gasteiger partial charge is 0.261 e. The fourth-order valence-corrected chi connectivity index (χ4v) is 2.61. The third-order valence-electron chi connectivity index (χ3n) is 3.86. The predicted molar refractivity (Wildman–Crippen MR) is 89.2 cm³/mol. The zero-order valence-corrected chi connectivity index (χ0v) is 12.5. The lowest BCUT2D eigenvalue weighted by atomic mass is 10.1. The van der Waals surface area contributed by atoms with Crippen LogP contribution in [-0.4, -0.2) is 13.6 Å². The van der Waals surface area contributed by atoms with Gasteiger partial charge >= 0.3 is 0 Å². The van der Waals surface area contributed by atoms with Crippen molar-refractivity contribution in [1.29, 1.82) is 0 Å². The van der Waals surface area contributed by atoms with Crippen molar-refractivity contribution in [1.82, 2.24) is 4.48 Å². The average molecular weight is 266 g/mol. The number of benzene rings is 2. The van der Waals surface area contributed by atoms with Crippen molar-refractivity contribution in [3.8, 4) is 0 Å². The summed E-state index contributed by atoms with van der Waals surface area (Å²) in [6.45, 7) is 3.20. The molecule has 0 spiro atoms. The second kappa shape index (κ2) is 7.06. The second-order valence-corrected chi connectivity index (χ2v) is 5.30. The number of hydrogen-bond donors (Lipinski definition) is 0. The van der Waals surface area contributed by atoms with Gasteiger partial charge in [0.15, 0.2) is 0 Å². The fraction of sp³-hybridized carbons (Fsp3) is 0.263. The van der Waals surface area contributed by atoms with E-state index < -0.39 is 0 Å². The summed E-state index contributed by atoms with van der Waals surface area (Å²) in [4.78, 5) is 0. The normalized spacial score (nSPS) is 11.9. The molecule has 0 saturated heterocycles. The first-order valence-electron chi connectivity index (χ1n) is 7.35. The van der Waals surface area contributed by atoms with Crippen LogP contribution in [0.5, 0.6) is 0 Å². The Hall–Kier alpha value is -1.86. The molecule has 0 saturated carbocycles. The van der Waals surface area contributed by atoms with E-state index in [1.54, 1.807) is 0 Å². The summed E-state index contributed by atoms with van der Waals surface area (Å²) in [5, 5.41) is 0. The minimum atomic E-state index is 0.860. The third kappa shape index (κ3) is 3.37. The molecule has 2 aromatic carbocycles. The van der Waals surface area contributed by atoms with E-state index in [1.165, 1.54) is 17.8 Å². The maximum atomic E-state index is 2.31. The zero-order valence-electron chi connectivity index (χ0n) is 12.5. The van der Waals surface area contributed by atoms with Crippen molar-refractivity contribution < 1.29 is 0 Å². The maximum absolute atomic E-state index is 2.31. The van der Waals surface area contributed by atoms with Gasteiger partial charge in [0.05, 0.1) is 13.6 Å². The molecule has 0 atom stereocenters. The first-order chi connectivity index (χ1) is 9.77. The number of hydrogen-bond acceptors (Lipinski definition) is 0. The molecular formula is C19H24N+. The van der Waals surface area contributed by atoms with Crippen LogP contribution in [0.2, 0.25) is 0 Å². The summed E-state index contributed by atoms with van der Waals surface area (Å²) in [6, 6.07) is 21.6. The zero-order chi connectivity index (χ0) is 14.3. The van der Waals surface area contributed by atoms with Crippen LogP contribution in [0.15, 0.2) is 72.8 Å². The van der Waals surface area contributed by atoms with Crippen molar-refractivity contribution in [2.75, 3.05) is 13.6 Å². The van der Waals surface area contributed by atoms with Gasteiger partial charge in [0.25, 0.3) is 0 Å². The van der Waals surface area contributed by atoms with Crippen molar-refractivity contribution in [2.24, 2.45) is 0 Å². The van der Waals surface area contributed by atoms with Crippen LogP contribution >= 0.6 is 0 Å². The van der Waals surface area contributed by atoms with E-state index in [4.69, 9.17) is 0 Å². The fourth-order valence-electron chi connectivity index (χ4n) is 2.61.